The van der Waals surface area contributed by atoms with Crippen molar-refractivity contribution >= 4 is 0 Å². The van der Waals surface area contributed by atoms with Crippen LogP contribution in [0.25, 0.3) is 0 Å². The summed E-state index contributed by atoms with van der Waals surface area (Å²) in [6.07, 6.45) is 3.47. The van der Waals surface area contributed by atoms with Gasteiger partial charge in [0.2, 0.25) is 0 Å². The van der Waals surface area contributed by atoms with E-state index in [2.05, 4.69) is 60.3 Å². The number of rotatable bonds is 4. The normalized spacial score (nSPS) is 27.5. The van der Waals surface area contributed by atoms with Gasteiger partial charge in [0.05, 0.1) is 0 Å². The van der Waals surface area contributed by atoms with Crippen molar-refractivity contribution in [3.63, 3.8) is 0 Å². The van der Waals surface area contributed by atoms with E-state index < -0.39 is 0 Å². The molecule has 0 radical (unpaired) electrons. The zero-order valence-corrected chi connectivity index (χ0v) is 14.5. The third-order valence-corrected chi connectivity index (χ3v) is 5.18. The van der Waals surface area contributed by atoms with Gasteiger partial charge in [0, 0.05) is 23.2 Å². The minimum atomic E-state index is 0.197. The molecule has 0 saturated carbocycles. The fraction of sp³-hybridized carbons (Fsp3) is 1.00. The summed E-state index contributed by atoms with van der Waals surface area (Å²) in [5.74, 6) is 1.50. The van der Waals surface area contributed by atoms with Crippen molar-refractivity contribution in [1.82, 2.24) is 4.90 Å². The second-order valence-electron chi connectivity index (χ2n) is 8.22. The fourth-order valence-electron chi connectivity index (χ4n) is 5.04. The van der Waals surface area contributed by atoms with E-state index >= 15 is 0 Å². The number of nitrogens with two attached hydrogens (primary N) is 1. The summed E-state index contributed by atoms with van der Waals surface area (Å²) >= 11 is 0. The molecular formula is C17H36N2. The van der Waals surface area contributed by atoms with Crippen LogP contribution in [0.2, 0.25) is 0 Å². The third kappa shape index (κ3) is 3.52. The van der Waals surface area contributed by atoms with Crippen LogP contribution in [0.4, 0.5) is 0 Å². The van der Waals surface area contributed by atoms with Crippen LogP contribution in [0, 0.1) is 11.8 Å². The molecule has 0 aromatic carbocycles. The Labute approximate surface area is 121 Å². The van der Waals surface area contributed by atoms with E-state index in [1.165, 1.54) is 6.42 Å². The van der Waals surface area contributed by atoms with Gasteiger partial charge in [0.1, 0.15) is 0 Å². The molecule has 0 amide bonds. The van der Waals surface area contributed by atoms with E-state index in [9.17, 15) is 0 Å². The number of hydrogen-bond donors (Lipinski definition) is 1. The summed E-state index contributed by atoms with van der Waals surface area (Å²) in [6, 6.07) is 0.954. The van der Waals surface area contributed by atoms with Gasteiger partial charge in [-0.1, -0.05) is 27.2 Å². The summed E-state index contributed by atoms with van der Waals surface area (Å²) in [6.45, 7) is 19.0. The van der Waals surface area contributed by atoms with E-state index in [0.29, 0.717) is 12.1 Å². The van der Waals surface area contributed by atoms with E-state index in [4.69, 9.17) is 5.73 Å². The number of piperidine rings is 1. The predicted octanol–water partition coefficient (Wildman–Crippen LogP) is 4.04. The molecule has 114 valence electrons. The number of likely N-dealkylation sites (tertiary alicyclic amines) is 1. The first-order chi connectivity index (χ1) is 8.53. The average Bonchev–Trinajstić information content (AvgIpc) is 2.11. The first-order valence-electron chi connectivity index (χ1n) is 8.08. The topological polar surface area (TPSA) is 29.3 Å². The molecule has 2 N–H and O–H groups in total. The Balaban J connectivity index is 3.06. The van der Waals surface area contributed by atoms with Crippen molar-refractivity contribution < 1.29 is 0 Å². The lowest BCUT2D eigenvalue weighted by molar-refractivity contribution is -0.0841. The molecule has 1 aliphatic rings. The molecule has 0 bridgehead atoms. The van der Waals surface area contributed by atoms with Gasteiger partial charge < -0.3 is 5.73 Å². The molecule has 1 aliphatic heterocycles. The van der Waals surface area contributed by atoms with E-state index in [1.807, 2.05) is 0 Å². The van der Waals surface area contributed by atoms with Gasteiger partial charge in [-0.2, -0.15) is 0 Å². The Bertz CT molecular complexity index is 276. The van der Waals surface area contributed by atoms with Crippen LogP contribution >= 0.6 is 0 Å². The molecule has 0 spiro atoms. The lowest BCUT2D eigenvalue weighted by Gasteiger charge is -2.59. The van der Waals surface area contributed by atoms with Crippen molar-refractivity contribution in [3.05, 3.63) is 0 Å². The van der Waals surface area contributed by atoms with E-state index in [0.717, 1.165) is 24.7 Å². The van der Waals surface area contributed by atoms with Crippen molar-refractivity contribution in [2.75, 3.05) is 0 Å². The summed E-state index contributed by atoms with van der Waals surface area (Å²) < 4.78 is 0. The van der Waals surface area contributed by atoms with Gasteiger partial charge in [-0.05, 0) is 59.3 Å². The Morgan fingerprint density at radius 3 is 1.79 bits per heavy atom. The molecule has 1 heterocycles. The molecule has 0 aromatic rings. The number of nitrogens with zero attached hydrogens (tertiary/aromatic N) is 1. The van der Waals surface area contributed by atoms with Crippen LogP contribution in [0.1, 0.15) is 74.7 Å². The molecular weight excluding hydrogens is 232 g/mol. The summed E-state index contributed by atoms with van der Waals surface area (Å²) in [7, 11) is 0. The maximum Gasteiger partial charge on any atom is 0.0176 e. The molecule has 2 atom stereocenters. The summed E-state index contributed by atoms with van der Waals surface area (Å²) in [5.41, 5.74) is 6.68. The molecule has 0 aromatic heterocycles. The Morgan fingerprint density at radius 1 is 1.05 bits per heavy atom. The molecule has 2 nitrogen and oxygen atoms in total. The molecule has 19 heavy (non-hydrogen) atoms. The first-order valence-corrected chi connectivity index (χ1v) is 8.08. The SMILES string of the molecule is CCC(C(C)C)C(C)N1C(C)(C)CC(N)CC1(C)C. The van der Waals surface area contributed by atoms with Crippen molar-refractivity contribution in [1.29, 1.82) is 0 Å². The van der Waals surface area contributed by atoms with E-state index in [1.54, 1.807) is 0 Å². The van der Waals surface area contributed by atoms with Gasteiger partial charge in [-0.25, -0.2) is 0 Å². The Morgan fingerprint density at radius 2 is 1.47 bits per heavy atom. The van der Waals surface area contributed by atoms with Gasteiger partial charge >= 0.3 is 0 Å². The van der Waals surface area contributed by atoms with Gasteiger partial charge in [-0.15, -0.1) is 0 Å². The molecule has 1 saturated heterocycles. The number of hydrogen-bond acceptors (Lipinski definition) is 2. The Hall–Kier alpha value is -0.0800. The standard InChI is InChI=1S/C17H36N2/c1-9-15(12(2)3)13(4)19-16(5,6)10-14(18)11-17(19,7)8/h12-15H,9-11,18H2,1-8H3. The van der Waals surface area contributed by atoms with E-state index in [-0.39, 0.29) is 11.1 Å². The third-order valence-electron chi connectivity index (χ3n) is 5.18. The molecule has 0 aliphatic carbocycles. The predicted molar refractivity (Wildman–Crippen MR) is 85.3 cm³/mol. The van der Waals surface area contributed by atoms with Crippen molar-refractivity contribution in [2.24, 2.45) is 17.6 Å². The summed E-state index contributed by atoms with van der Waals surface area (Å²) in [4.78, 5) is 2.76. The van der Waals surface area contributed by atoms with Crippen LogP contribution in [0.3, 0.4) is 0 Å². The fourth-order valence-corrected chi connectivity index (χ4v) is 5.04. The van der Waals surface area contributed by atoms with Crippen LogP contribution in [0.15, 0.2) is 0 Å². The highest BCUT2D eigenvalue weighted by atomic mass is 15.3. The highest BCUT2D eigenvalue weighted by Crippen LogP contribution is 2.42. The minimum absolute atomic E-state index is 0.197. The van der Waals surface area contributed by atoms with Crippen molar-refractivity contribution in [2.45, 2.75) is 97.8 Å². The van der Waals surface area contributed by atoms with Gasteiger partial charge in [0.15, 0.2) is 0 Å². The van der Waals surface area contributed by atoms with Crippen LogP contribution in [-0.2, 0) is 0 Å². The quantitative estimate of drug-likeness (QED) is 0.834. The van der Waals surface area contributed by atoms with Crippen molar-refractivity contribution in [3.8, 4) is 0 Å². The maximum atomic E-state index is 6.29. The smallest absolute Gasteiger partial charge is 0.0176 e. The first kappa shape index (κ1) is 17.0. The molecule has 2 heteroatoms. The maximum absolute atomic E-state index is 6.29. The highest BCUT2D eigenvalue weighted by Gasteiger charge is 2.47. The van der Waals surface area contributed by atoms with Gasteiger partial charge in [0.25, 0.3) is 0 Å². The molecule has 1 rings (SSSR count). The second kappa shape index (κ2) is 5.73. The van der Waals surface area contributed by atoms with Crippen LogP contribution in [-0.4, -0.2) is 28.1 Å². The second-order valence-corrected chi connectivity index (χ2v) is 8.22. The lowest BCUT2D eigenvalue weighted by atomic mass is 9.73. The molecule has 2 unspecified atom stereocenters. The van der Waals surface area contributed by atoms with Gasteiger partial charge in [-0.3, -0.25) is 4.90 Å². The lowest BCUT2D eigenvalue weighted by Crippen LogP contribution is -2.67. The summed E-state index contributed by atoms with van der Waals surface area (Å²) in [5, 5.41) is 0. The zero-order chi connectivity index (χ0) is 15.0. The zero-order valence-electron chi connectivity index (χ0n) is 14.5. The highest BCUT2D eigenvalue weighted by molar-refractivity contribution is 5.04. The monoisotopic (exact) mass is 268 g/mol. The average molecular weight is 268 g/mol. The largest absolute Gasteiger partial charge is 0.328 e. The Kier molecular flexibility index (Phi) is 5.12. The molecule has 1 fully saturated rings. The van der Waals surface area contributed by atoms with Crippen LogP contribution in [0.5, 0.6) is 0 Å². The van der Waals surface area contributed by atoms with Crippen LogP contribution < -0.4 is 5.73 Å². The minimum Gasteiger partial charge on any atom is -0.328 e.